The third-order valence-electron chi connectivity index (χ3n) is 5.14. The fraction of sp³-hybridized carbons (Fsp3) is 0.318. The number of thioether (sulfide) groups is 1. The number of piperidine rings is 1. The molecular weight excluding hydrogens is 398 g/mol. The third kappa shape index (κ3) is 5.02. The summed E-state index contributed by atoms with van der Waals surface area (Å²) in [4.78, 5) is 8.17. The van der Waals surface area contributed by atoms with E-state index in [2.05, 4.69) is 34.1 Å². The molecule has 1 fully saturated rings. The van der Waals surface area contributed by atoms with E-state index in [1.54, 1.807) is 6.07 Å². The fourth-order valence-corrected chi connectivity index (χ4v) is 4.85. The van der Waals surface area contributed by atoms with Gasteiger partial charge in [0.25, 0.3) is 0 Å². The van der Waals surface area contributed by atoms with Gasteiger partial charge in [-0.1, -0.05) is 24.3 Å². The molecule has 1 aliphatic rings. The zero-order valence-electron chi connectivity index (χ0n) is 15.5. The first-order chi connectivity index (χ1) is 13.2. The number of benzene rings is 2. The summed E-state index contributed by atoms with van der Waals surface area (Å²) in [5, 5.41) is 1.76. The molecule has 0 saturated carbocycles. The number of hydrogen-bond acceptors (Lipinski definition) is 3. The molecule has 3 aromatic rings. The van der Waals surface area contributed by atoms with Crippen LogP contribution in [0.15, 0.2) is 59.6 Å². The SMILES string of the molecule is Cl.Fc1ccc(CCN2CCC(Sc3cccc4cccnc34)CC2)c(F)c1. The highest BCUT2D eigenvalue weighted by Gasteiger charge is 2.21. The van der Waals surface area contributed by atoms with Gasteiger partial charge in [-0.15, -0.1) is 24.2 Å². The van der Waals surface area contributed by atoms with E-state index in [1.807, 2.05) is 24.0 Å². The van der Waals surface area contributed by atoms with Gasteiger partial charge in [0.2, 0.25) is 0 Å². The molecule has 1 aliphatic heterocycles. The Morgan fingerprint density at radius 3 is 2.61 bits per heavy atom. The van der Waals surface area contributed by atoms with Gasteiger partial charge in [0, 0.05) is 34.3 Å². The van der Waals surface area contributed by atoms with Crippen molar-refractivity contribution < 1.29 is 8.78 Å². The lowest BCUT2D eigenvalue weighted by atomic mass is 10.1. The minimum Gasteiger partial charge on any atom is -0.303 e. The Kier molecular flexibility index (Phi) is 7.27. The van der Waals surface area contributed by atoms with Crippen LogP contribution in [0.2, 0.25) is 0 Å². The number of hydrogen-bond donors (Lipinski definition) is 0. The molecule has 0 amide bonds. The molecule has 0 aliphatic carbocycles. The lowest BCUT2D eigenvalue weighted by molar-refractivity contribution is 0.235. The van der Waals surface area contributed by atoms with Gasteiger partial charge in [-0.2, -0.15) is 0 Å². The summed E-state index contributed by atoms with van der Waals surface area (Å²) in [5.41, 5.74) is 1.67. The van der Waals surface area contributed by atoms with Crippen molar-refractivity contribution in [2.45, 2.75) is 29.4 Å². The van der Waals surface area contributed by atoms with Gasteiger partial charge in [-0.3, -0.25) is 4.98 Å². The molecule has 1 saturated heterocycles. The minimum absolute atomic E-state index is 0. The quantitative estimate of drug-likeness (QED) is 0.524. The average Bonchev–Trinajstić information content (AvgIpc) is 2.69. The van der Waals surface area contributed by atoms with Crippen molar-refractivity contribution in [1.29, 1.82) is 0 Å². The molecule has 0 bridgehead atoms. The number of para-hydroxylation sites is 1. The van der Waals surface area contributed by atoms with Crippen LogP contribution in [0.25, 0.3) is 10.9 Å². The van der Waals surface area contributed by atoms with E-state index in [0.29, 0.717) is 17.2 Å². The summed E-state index contributed by atoms with van der Waals surface area (Å²) in [6.07, 6.45) is 4.69. The first-order valence-corrected chi connectivity index (χ1v) is 10.2. The molecule has 0 spiro atoms. The molecule has 0 N–H and O–H groups in total. The largest absolute Gasteiger partial charge is 0.303 e. The Hall–Kier alpha value is -1.69. The molecule has 6 heteroatoms. The van der Waals surface area contributed by atoms with Crippen LogP contribution < -0.4 is 0 Å². The molecule has 2 heterocycles. The van der Waals surface area contributed by atoms with Crippen LogP contribution in [0.5, 0.6) is 0 Å². The van der Waals surface area contributed by atoms with Crippen molar-refractivity contribution in [2.24, 2.45) is 0 Å². The maximum Gasteiger partial charge on any atom is 0.129 e. The lowest BCUT2D eigenvalue weighted by Gasteiger charge is -2.31. The van der Waals surface area contributed by atoms with Gasteiger partial charge < -0.3 is 4.90 Å². The van der Waals surface area contributed by atoms with E-state index in [4.69, 9.17) is 0 Å². The van der Waals surface area contributed by atoms with Crippen LogP contribution in [0, 0.1) is 11.6 Å². The van der Waals surface area contributed by atoms with Crippen LogP contribution in [0.1, 0.15) is 18.4 Å². The van der Waals surface area contributed by atoms with Gasteiger partial charge in [-0.05, 0) is 56.1 Å². The Balaban J connectivity index is 0.00000225. The van der Waals surface area contributed by atoms with E-state index >= 15 is 0 Å². The molecule has 1 aromatic heterocycles. The second-order valence-corrected chi connectivity index (χ2v) is 8.32. The third-order valence-corrected chi connectivity index (χ3v) is 6.52. The number of halogens is 3. The van der Waals surface area contributed by atoms with Gasteiger partial charge in [0.1, 0.15) is 11.6 Å². The summed E-state index contributed by atoms with van der Waals surface area (Å²) in [6.45, 7) is 2.84. The molecule has 2 aromatic carbocycles. The molecule has 0 atom stereocenters. The first-order valence-electron chi connectivity index (χ1n) is 9.36. The second kappa shape index (κ2) is 9.68. The highest BCUT2D eigenvalue weighted by molar-refractivity contribution is 8.00. The smallest absolute Gasteiger partial charge is 0.129 e. The van der Waals surface area contributed by atoms with Crippen LogP contribution in [-0.4, -0.2) is 34.8 Å². The van der Waals surface area contributed by atoms with E-state index < -0.39 is 11.6 Å². The number of fused-ring (bicyclic) bond motifs is 1. The standard InChI is InChI=1S/C22H22F2N2S.ClH/c23-18-7-6-16(20(24)15-18)8-12-26-13-9-19(10-14-26)27-21-5-1-3-17-4-2-11-25-22(17)21;/h1-7,11,15,19H,8-10,12-14H2;1H. The summed E-state index contributed by atoms with van der Waals surface area (Å²) < 4.78 is 26.8. The average molecular weight is 421 g/mol. The summed E-state index contributed by atoms with van der Waals surface area (Å²) in [7, 11) is 0. The van der Waals surface area contributed by atoms with Crippen LogP contribution in [0.3, 0.4) is 0 Å². The van der Waals surface area contributed by atoms with Gasteiger partial charge >= 0.3 is 0 Å². The Bertz CT molecular complexity index is 924. The molecule has 4 rings (SSSR count). The number of nitrogens with zero attached hydrogens (tertiary/aromatic N) is 2. The fourth-order valence-electron chi connectivity index (χ4n) is 3.60. The lowest BCUT2D eigenvalue weighted by Crippen LogP contribution is -2.36. The number of pyridine rings is 1. The number of rotatable bonds is 5. The Labute approximate surface area is 174 Å². The van der Waals surface area contributed by atoms with E-state index in [1.165, 1.54) is 16.3 Å². The predicted octanol–water partition coefficient (Wildman–Crippen LogP) is 5.73. The van der Waals surface area contributed by atoms with Gasteiger partial charge in [-0.25, -0.2) is 8.78 Å². The molecule has 0 radical (unpaired) electrons. The van der Waals surface area contributed by atoms with Gasteiger partial charge in [0.05, 0.1) is 5.52 Å². The highest BCUT2D eigenvalue weighted by atomic mass is 35.5. The summed E-state index contributed by atoms with van der Waals surface area (Å²) in [6, 6.07) is 14.3. The maximum absolute atomic E-state index is 13.8. The predicted molar refractivity (Wildman–Crippen MR) is 114 cm³/mol. The van der Waals surface area contributed by atoms with Crippen molar-refractivity contribution in [1.82, 2.24) is 9.88 Å². The van der Waals surface area contributed by atoms with Crippen LogP contribution >= 0.6 is 24.2 Å². The summed E-state index contributed by atoms with van der Waals surface area (Å²) >= 11 is 1.92. The topological polar surface area (TPSA) is 16.1 Å². The maximum atomic E-state index is 13.8. The zero-order valence-corrected chi connectivity index (χ0v) is 17.1. The normalized spacial score (nSPS) is 15.5. The Morgan fingerprint density at radius 1 is 1.04 bits per heavy atom. The monoisotopic (exact) mass is 420 g/mol. The van der Waals surface area contributed by atoms with Crippen LogP contribution in [-0.2, 0) is 6.42 Å². The van der Waals surface area contributed by atoms with E-state index in [-0.39, 0.29) is 12.4 Å². The Morgan fingerprint density at radius 2 is 1.82 bits per heavy atom. The first kappa shape index (κ1) is 21.0. The number of aromatic nitrogens is 1. The van der Waals surface area contributed by atoms with Crippen molar-refractivity contribution in [3.63, 3.8) is 0 Å². The molecule has 148 valence electrons. The van der Waals surface area contributed by atoms with Crippen molar-refractivity contribution >= 4 is 35.1 Å². The van der Waals surface area contributed by atoms with Gasteiger partial charge in [0.15, 0.2) is 0 Å². The van der Waals surface area contributed by atoms with Crippen molar-refractivity contribution in [2.75, 3.05) is 19.6 Å². The minimum atomic E-state index is -0.517. The highest BCUT2D eigenvalue weighted by Crippen LogP contribution is 2.34. The van der Waals surface area contributed by atoms with E-state index in [9.17, 15) is 8.78 Å². The molecular formula is C22H23ClF2N2S. The second-order valence-electron chi connectivity index (χ2n) is 6.98. The van der Waals surface area contributed by atoms with E-state index in [0.717, 1.165) is 44.1 Å². The molecule has 2 nitrogen and oxygen atoms in total. The zero-order chi connectivity index (χ0) is 18.6. The molecule has 0 unspecified atom stereocenters. The summed E-state index contributed by atoms with van der Waals surface area (Å²) in [5.74, 6) is -0.957. The van der Waals surface area contributed by atoms with Crippen molar-refractivity contribution in [3.05, 3.63) is 71.9 Å². The number of likely N-dealkylation sites (tertiary alicyclic amines) is 1. The molecule has 28 heavy (non-hydrogen) atoms. The van der Waals surface area contributed by atoms with Crippen LogP contribution in [0.4, 0.5) is 8.78 Å². The van der Waals surface area contributed by atoms with Crippen molar-refractivity contribution in [3.8, 4) is 0 Å².